The average molecular weight is 352 g/mol. The average Bonchev–Trinajstić information content (AvgIpc) is 2.93. The topological polar surface area (TPSA) is 66.2 Å². The van der Waals surface area contributed by atoms with E-state index >= 15 is 0 Å². The van der Waals surface area contributed by atoms with E-state index < -0.39 is 5.63 Å². The van der Waals surface area contributed by atoms with Crippen molar-refractivity contribution in [1.29, 1.82) is 0 Å². The van der Waals surface area contributed by atoms with E-state index in [4.69, 9.17) is 16.0 Å². The van der Waals surface area contributed by atoms with Crippen LogP contribution in [-0.4, -0.2) is 10.1 Å². The number of H-pyrrole nitrogens is 1. The number of fused-ring (bicyclic) bond motifs is 1. The summed E-state index contributed by atoms with van der Waals surface area (Å²) in [6.45, 7) is 1.62. The lowest BCUT2D eigenvalue weighted by atomic mass is 9.99. The number of aromatic hydroxyl groups is 1. The molecule has 0 bridgehead atoms. The summed E-state index contributed by atoms with van der Waals surface area (Å²) in [6, 6.07) is 16.4. The Balaban J connectivity index is 2.15. The number of aromatic nitrogens is 1. The molecule has 4 aromatic rings. The molecule has 0 saturated heterocycles. The Morgan fingerprint density at radius 1 is 1.04 bits per heavy atom. The molecule has 0 fully saturated rings. The van der Waals surface area contributed by atoms with E-state index in [-0.39, 0.29) is 11.3 Å². The van der Waals surface area contributed by atoms with Crippen molar-refractivity contribution in [3.8, 4) is 28.1 Å². The smallest absolute Gasteiger partial charge is 0.347 e. The van der Waals surface area contributed by atoms with Gasteiger partial charge in [0.05, 0.1) is 5.69 Å². The van der Waals surface area contributed by atoms with Crippen LogP contribution in [0.5, 0.6) is 5.75 Å². The highest BCUT2D eigenvalue weighted by Crippen LogP contribution is 2.41. The first kappa shape index (κ1) is 15.5. The van der Waals surface area contributed by atoms with Gasteiger partial charge in [-0.05, 0) is 30.7 Å². The first-order valence-corrected chi connectivity index (χ1v) is 8.13. The molecule has 2 N–H and O–H groups in total. The molecule has 2 aromatic heterocycles. The number of aryl methyl sites for hydroxylation is 1. The minimum absolute atomic E-state index is 0.119. The molecule has 2 heterocycles. The van der Waals surface area contributed by atoms with Crippen molar-refractivity contribution in [2.24, 2.45) is 0 Å². The van der Waals surface area contributed by atoms with Crippen molar-refractivity contribution in [3.05, 3.63) is 75.8 Å². The van der Waals surface area contributed by atoms with E-state index in [1.807, 2.05) is 36.4 Å². The highest BCUT2D eigenvalue weighted by atomic mass is 35.5. The Morgan fingerprint density at radius 2 is 1.80 bits per heavy atom. The lowest BCUT2D eigenvalue weighted by molar-refractivity contribution is 0.438. The molecular weight excluding hydrogens is 338 g/mol. The van der Waals surface area contributed by atoms with E-state index in [1.54, 1.807) is 19.1 Å². The first-order chi connectivity index (χ1) is 12.0. The summed E-state index contributed by atoms with van der Waals surface area (Å²) >= 11 is 6.16. The fraction of sp³-hybridized carbons (Fsp3) is 0.0500. The van der Waals surface area contributed by atoms with Crippen molar-refractivity contribution < 1.29 is 9.52 Å². The summed E-state index contributed by atoms with van der Waals surface area (Å²) in [5.74, 6) is 0.234. The molecular formula is C20H14ClNO3. The van der Waals surface area contributed by atoms with Gasteiger partial charge in [0.25, 0.3) is 0 Å². The third-order valence-electron chi connectivity index (χ3n) is 4.13. The summed E-state index contributed by atoms with van der Waals surface area (Å²) in [5.41, 5.74) is 2.55. The van der Waals surface area contributed by atoms with Crippen LogP contribution in [0, 0.1) is 6.92 Å². The normalized spacial score (nSPS) is 11.1. The van der Waals surface area contributed by atoms with E-state index in [0.29, 0.717) is 16.3 Å². The standard InChI is InChI=1S/C20H14ClNO3/c1-11-9-16(23)18(20(24)25-11)17-14-10-13(21)7-8-15(14)22-19(17)12-5-3-2-4-6-12/h2-10,22-23H,1H3. The zero-order valence-corrected chi connectivity index (χ0v) is 14.1. The molecule has 0 radical (unpaired) electrons. The molecule has 4 nitrogen and oxygen atoms in total. The SMILES string of the molecule is Cc1cc(O)c(-c2c(-c3ccccc3)[nH]c3ccc(Cl)cc23)c(=O)o1. The molecule has 5 heteroatoms. The number of halogens is 1. The fourth-order valence-electron chi connectivity index (χ4n) is 3.07. The van der Waals surface area contributed by atoms with Gasteiger partial charge in [-0.1, -0.05) is 41.9 Å². The summed E-state index contributed by atoms with van der Waals surface area (Å²) in [7, 11) is 0. The minimum atomic E-state index is -0.587. The maximum atomic E-state index is 12.5. The second-order valence-electron chi connectivity index (χ2n) is 5.84. The van der Waals surface area contributed by atoms with Gasteiger partial charge in [-0.15, -0.1) is 0 Å². The summed E-state index contributed by atoms with van der Waals surface area (Å²) in [6.07, 6.45) is 0. The van der Waals surface area contributed by atoms with Crippen molar-refractivity contribution in [2.45, 2.75) is 6.92 Å². The Labute approximate surface area is 148 Å². The lowest BCUT2D eigenvalue weighted by Crippen LogP contribution is -2.04. The largest absolute Gasteiger partial charge is 0.507 e. The van der Waals surface area contributed by atoms with Gasteiger partial charge >= 0.3 is 5.63 Å². The van der Waals surface area contributed by atoms with Crippen LogP contribution >= 0.6 is 11.6 Å². The minimum Gasteiger partial charge on any atom is -0.507 e. The van der Waals surface area contributed by atoms with Gasteiger partial charge in [0.15, 0.2) is 0 Å². The van der Waals surface area contributed by atoms with Gasteiger partial charge in [0, 0.05) is 27.6 Å². The number of hydrogen-bond acceptors (Lipinski definition) is 3. The van der Waals surface area contributed by atoms with Crippen molar-refractivity contribution in [2.75, 3.05) is 0 Å². The van der Waals surface area contributed by atoms with Crippen LogP contribution in [0.3, 0.4) is 0 Å². The second kappa shape index (κ2) is 5.83. The predicted octanol–water partition coefficient (Wildman–Crippen LogP) is 5.12. The molecule has 124 valence electrons. The Morgan fingerprint density at radius 3 is 2.52 bits per heavy atom. The molecule has 25 heavy (non-hydrogen) atoms. The molecule has 4 rings (SSSR count). The Bertz CT molecular complexity index is 1140. The maximum absolute atomic E-state index is 12.5. The van der Waals surface area contributed by atoms with Crippen LogP contribution in [0.15, 0.2) is 63.8 Å². The number of rotatable bonds is 2. The number of benzene rings is 2. The van der Waals surface area contributed by atoms with E-state index in [1.165, 1.54) is 6.07 Å². The Hall–Kier alpha value is -2.98. The van der Waals surface area contributed by atoms with Gasteiger partial charge in [0.2, 0.25) is 0 Å². The molecule has 0 aliphatic carbocycles. The lowest BCUT2D eigenvalue weighted by Gasteiger charge is -2.07. The number of aromatic amines is 1. The molecule has 2 aromatic carbocycles. The van der Waals surface area contributed by atoms with Crippen molar-refractivity contribution >= 4 is 22.5 Å². The molecule has 0 saturated carbocycles. The van der Waals surface area contributed by atoms with Crippen LogP contribution in [0.4, 0.5) is 0 Å². The Kier molecular flexibility index (Phi) is 3.62. The van der Waals surface area contributed by atoms with E-state index in [9.17, 15) is 9.90 Å². The maximum Gasteiger partial charge on any atom is 0.347 e. The quantitative estimate of drug-likeness (QED) is 0.526. The summed E-state index contributed by atoms with van der Waals surface area (Å²) in [5, 5.41) is 11.7. The van der Waals surface area contributed by atoms with Crippen molar-refractivity contribution in [3.63, 3.8) is 0 Å². The molecule has 0 amide bonds. The van der Waals surface area contributed by atoms with Crippen LogP contribution in [0.25, 0.3) is 33.3 Å². The molecule has 0 aliphatic rings. The molecule has 0 spiro atoms. The first-order valence-electron chi connectivity index (χ1n) is 7.75. The van der Waals surface area contributed by atoms with Gasteiger partial charge in [0.1, 0.15) is 17.1 Å². The zero-order chi connectivity index (χ0) is 17.6. The van der Waals surface area contributed by atoms with Crippen LogP contribution < -0.4 is 5.63 Å². The highest BCUT2D eigenvalue weighted by molar-refractivity contribution is 6.31. The third-order valence-corrected chi connectivity index (χ3v) is 4.36. The van der Waals surface area contributed by atoms with Crippen LogP contribution in [-0.2, 0) is 0 Å². The fourth-order valence-corrected chi connectivity index (χ4v) is 3.24. The molecule has 0 atom stereocenters. The van der Waals surface area contributed by atoms with E-state index in [0.717, 1.165) is 22.2 Å². The number of hydrogen-bond donors (Lipinski definition) is 2. The van der Waals surface area contributed by atoms with Crippen molar-refractivity contribution in [1.82, 2.24) is 4.98 Å². The zero-order valence-electron chi connectivity index (χ0n) is 13.3. The van der Waals surface area contributed by atoms with Gasteiger partial charge in [-0.2, -0.15) is 0 Å². The van der Waals surface area contributed by atoms with Gasteiger partial charge in [-0.25, -0.2) is 4.79 Å². The monoisotopic (exact) mass is 351 g/mol. The van der Waals surface area contributed by atoms with Gasteiger partial charge in [-0.3, -0.25) is 0 Å². The van der Waals surface area contributed by atoms with Gasteiger partial charge < -0.3 is 14.5 Å². The molecule has 0 aliphatic heterocycles. The summed E-state index contributed by atoms with van der Waals surface area (Å²) < 4.78 is 5.22. The second-order valence-corrected chi connectivity index (χ2v) is 6.27. The highest BCUT2D eigenvalue weighted by Gasteiger charge is 2.22. The third kappa shape index (κ3) is 2.61. The number of nitrogens with one attached hydrogen (secondary N) is 1. The predicted molar refractivity (Wildman–Crippen MR) is 99.1 cm³/mol. The van der Waals surface area contributed by atoms with Crippen LogP contribution in [0.1, 0.15) is 5.76 Å². The molecule has 0 unspecified atom stereocenters. The summed E-state index contributed by atoms with van der Waals surface area (Å²) in [4.78, 5) is 15.8. The van der Waals surface area contributed by atoms with Crippen LogP contribution in [0.2, 0.25) is 5.02 Å². The van der Waals surface area contributed by atoms with E-state index in [2.05, 4.69) is 4.98 Å².